The summed E-state index contributed by atoms with van der Waals surface area (Å²) in [4.78, 5) is 12.4. The number of methoxy groups -OCH3 is 1. The molecule has 0 atom stereocenters. The van der Waals surface area contributed by atoms with E-state index in [1.165, 1.54) is 0 Å². The van der Waals surface area contributed by atoms with Crippen LogP contribution in [0.25, 0.3) is 20.2 Å². The van der Waals surface area contributed by atoms with Gasteiger partial charge in [0, 0.05) is 14.8 Å². The molecule has 0 saturated carbocycles. The van der Waals surface area contributed by atoms with Crippen molar-refractivity contribution in [3.8, 4) is 5.75 Å². The minimum Gasteiger partial charge on any atom is -0.495 e. The maximum absolute atomic E-state index is 12.4. The smallest absolute Gasteiger partial charge is 0.197 e. The van der Waals surface area contributed by atoms with Crippen LogP contribution in [0.15, 0.2) is 41.2 Å². The van der Waals surface area contributed by atoms with E-state index in [9.17, 15) is 4.79 Å². The Bertz CT molecular complexity index is 808. The fourth-order valence-electron chi connectivity index (χ4n) is 1.99. The molecule has 0 radical (unpaired) electrons. The lowest BCUT2D eigenvalue weighted by Crippen LogP contribution is -2.02. The topological polar surface area (TPSA) is 26.3 Å². The monoisotopic (exact) mass is 276 g/mol. The number of fused-ring (bicyclic) bond motifs is 2. The second kappa shape index (κ2) is 4.26. The highest BCUT2D eigenvalue weighted by Crippen LogP contribution is 2.34. The minimum atomic E-state index is -0.0387. The van der Waals surface area contributed by atoms with E-state index in [1.54, 1.807) is 24.5 Å². The van der Waals surface area contributed by atoms with E-state index in [4.69, 9.17) is 16.3 Å². The number of rotatable bonds is 1. The number of benzene rings is 2. The summed E-state index contributed by atoms with van der Waals surface area (Å²) in [5, 5.41) is 1.63. The predicted octanol–water partition coefficient (Wildman–Crippen LogP) is 4.08. The van der Waals surface area contributed by atoms with E-state index >= 15 is 0 Å². The van der Waals surface area contributed by atoms with Crippen molar-refractivity contribution in [1.29, 1.82) is 0 Å². The summed E-state index contributed by atoms with van der Waals surface area (Å²) in [5.74, 6) is 0.531. The second-order valence-electron chi connectivity index (χ2n) is 3.88. The van der Waals surface area contributed by atoms with Gasteiger partial charge in [0.15, 0.2) is 5.43 Å². The molecule has 0 spiro atoms. The van der Waals surface area contributed by atoms with Crippen LogP contribution < -0.4 is 10.2 Å². The van der Waals surface area contributed by atoms with Crippen molar-refractivity contribution in [2.45, 2.75) is 0 Å². The molecule has 2 aromatic carbocycles. The van der Waals surface area contributed by atoms with Crippen LogP contribution in [-0.4, -0.2) is 7.11 Å². The Morgan fingerprint density at radius 1 is 1.11 bits per heavy atom. The van der Waals surface area contributed by atoms with E-state index in [0.717, 1.165) is 9.40 Å². The highest BCUT2D eigenvalue weighted by atomic mass is 35.5. The fraction of sp³-hybridized carbons (Fsp3) is 0.0714. The van der Waals surface area contributed by atoms with Crippen LogP contribution >= 0.6 is 22.9 Å². The van der Waals surface area contributed by atoms with Gasteiger partial charge in [-0.1, -0.05) is 23.7 Å². The number of ether oxygens (including phenoxy) is 1. The SMILES string of the molecule is COc1ccc2sc3ccccc3c(=O)c2c1Cl. The van der Waals surface area contributed by atoms with Gasteiger partial charge in [0.2, 0.25) is 0 Å². The maximum Gasteiger partial charge on any atom is 0.197 e. The first-order chi connectivity index (χ1) is 8.72. The Hall–Kier alpha value is -1.58. The molecule has 3 rings (SSSR count). The fourth-order valence-corrected chi connectivity index (χ4v) is 3.46. The van der Waals surface area contributed by atoms with Crippen molar-refractivity contribution in [3.05, 3.63) is 51.6 Å². The molecule has 4 heteroatoms. The lowest BCUT2D eigenvalue weighted by molar-refractivity contribution is 0.415. The molecule has 1 aromatic heterocycles. The summed E-state index contributed by atoms with van der Waals surface area (Å²) in [7, 11) is 1.54. The maximum atomic E-state index is 12.4. The van der Waals surface area contributed by atoms with Crippen molar-refractivity contribution in [3.63, 3.8) is 0 Å². The summed E-state index contributed by atoms with van der Waals surface area (Å²) in [5.41, 5.74) is -0.0387. The number of hydrogen-bond acceptors (Lipinski definition) is 3. The van der Waals surface area contributed by atoms with Gasteiger partial charge in [0.25, 0.3) is 0 Å². The molecule has 0 bridgehead atoms. The third kappa shape index (κ3) is 1.59. The number of halogens is 1. The Morgan fingerprint density at radius 2 is 1.89 bits per heavy atom. The minimum absolute atomic E-state index is 0.0387. The molecule has 1 heterocycles. The number of hydrogen-bond donors (Lipinski definition) is 0. The van der Waals surface area contributed by atoms with Gasteiger partial charge in [0.1, 0.15) is 5.75 Å². The molecule has 0 aliphatic carbocycles. The van der Waals surface area contributed by atoms with Gasteiger partial charge < -0.3 is 4.74 Å². The predicted molar refractivity (Wildman–Crippen MR) is 77.2 cm³/mol. The van der Waals surface area contributed by atoms with Crippen LogP contribution in [-0.2, 0) is 0 Å². The zero-order valence-electron chi connectivity index (χ0n) is 9.57. The molecular formula is C14H9ClO2S. The molecule has 0 fully saturated rings. The van der Waals surface area contributed by atoms with Crippen LogP contribution in [0.3, 0.4) is 0 Å². The molecular weight excluding hydrogens is 268 g/mol. The van der Waals surface area contributed by atoms with Crippen LogP contribution in [0.1, 0.15) is 0 Å². The lowest BCUT2D eigenvalue weighted by Gasteiger charge is -2.06. The van der Waals surface area contributed by atoms with Crippen LogP contribution in [0, 0.1) is 0 Å². The average Bonchev–Trinajstić information content (AvgIpc) is 2.39. The molecule has 3 aromatic rings. The van der Waals surface area contributed by atoms with Crippen molar-refractivity contribution >= 4 is 43.1 Å². The van der Waals surface area contributed by atoms with E-state index in [1.807, 2.05) is 30.3 Å². The molecule has 0 N–H and O–H groups in total. The normalized spacial score (nSPS) is 11.0. The van der Waals surface area contributed by atoms with Gasteiger partial charge in [-0.3, -0.25) is 4.79 Å². The van der Waals surface area contributed by atoms with Crippen molar-refractivity contribution in [2.24, 2.45) is 0 Å². The Kier molecular flexibility index (Phi) is 2.73. The van der Waals surface area contributed by atoms with Gasteiger partial charge in [0.05, 0.1) is 17.5 Å². The van der Waals surface area contributed by atoms with Gasteiger partial charge in [-0.25, -0.2) is 0 Å². The zero-order valence-corrected chi connectivity index (χ0v) is 11.1. The summed E-state index contributed by atoms with van der Waals surface area (Å²) in [6.45, 7) is 0. The van der Waals surface area contributed by atoms with Crippen LogP contribution in [0.4, 0.5) is 0 Å². The molecule has 0 unspecified atom stereocenters. The van der Waals surface area contributed by atoms with Gasteiger partial charge in [-0.2, -0.15) is 0 Å². The zero-order chi connectivity index (χ0) is 12.7. The molecule has 0 saturated heterocycles. The summed E-state index contributed by atoms with van der Waals surface area (Å²) >= 11 is 7.79. The van der Waals surface area contributed by atoms with E-state index in [2.05, 4.69) is 0 Å². The van der Waals surface area contributed by atoms with Gasteiger partial charge in [-0.05, 0) is 24.3 Å². The first-order valence-electron chi connectivity index (χ1n) is 5.40. The highest BCUT2D eigenvalue weighted by Gasteiger charge is 2.12. The molecule has 90 valence electrons. The Labute approximate surface area is 112 Å². The second-order valence-corrected chi connectivity index (χ2v) is 5.34. The van der Waals surface area contributed by atoms with E-state index in [-0.39, 0.29) is 5.43 Å². The quantitative estimate of drug-likeness (QED) is 0.626. The van der Waals surface area contributed by atoms with Gasteiger partial charge >= 0.3 is 0 Å². The molecule has 0 amide bonds. The van der Waals surface area contributed by atoms with Crippen molar-refractivity contribution in [2.75, 3.05) is 7.11 Å². The Balaban J connectivity index is 2.57. The summed E-state index contributed by atoms with van der Waals surface area (Å²) < 4.78 is 7.00. The summed E-state index contributed by atoms with van der Waals surface area (Å²) in [6.07, 6.45) is 0. The molecule has 0 aliphatic rings. The van der Waals surface area contributed by atoms with Gasteiger partial charge in [-0.15, -0.1) is 11.3 Å². The van der Waals surface area contributed by atoms with Crippen molar-refractivity contribution in [1.82, 2.24) is 0 Å². The lowest BCUT2D eigenvalue weighted by atomic mass is 10.2. The summed E-state index contributed by atoms with van der Waals surface area (Å²) in [6, 6.07) is 11.2. The average molecular weight is 277 g/mol. The first kappa shape index (κ1) is 11.5. The largest absolute Gasteiger partial charge is 0.495 e. The van der Waals surface area contributed by atoms with E-state index < -0.39 is 0 Å². The third-order valence-corrected chi connectivity index (χ3v) is 4.38. The van der Waals surface area contributed by atoms with E-state index in [0.29, 0.717) is 21.5 Å². The third-order valence-electron chi connectivity index (χ3n) is 2.87. The van der Waals surface area contributed by atoms with Crippen LogP contribution in [0.5, 0.6) is 5.75 Å². The first-order valence-corrected chi connectivity index (χ1v) is 6.60. The molecule has 18 heavy (non-hydrogen) atoms. The Morgan fingerprint density at radius 3 is 2.67 bits per heavy atom. The highest BCUT2D eigenvalue weighted by molar-refractivity contribution is 7.24. The standard InChI is InChI=1S/C14H9ClO2S/c1-17-9-6-7-11-12(13(9)15)14(16)8-4-2-3-5-10(8)18-11/h2-7H,1H3. The van der Waals surface area contributed by atoms with Crippen LogP contribution in [0.2, 0.25) is 5.02 Å². The van der Waals surface area contributed by atoms with Crippen molar-refractivity contribution < 1.29 is 4.74 Å². The molecule has 0 aliphatic heterocycles. The molecule has 2 nitrogen and oxygen atoms in total.